The van der Waals surface area contributed by atoms with Crippen LogP contribution in [0, 0.1) is 10.8 Å². The molecular weight excluding hydrogens is 412 g/mol. The Morgan fingerprint density at radius 1 is 0.906 bits per heavy atom. The summed E-state index contributed by atoms with van der Waals surface area (Å²) >= 11 is 0. The van der Waals surface area contributed by atoms with Crippen molar-refractivity contribution in [3.8, 4) is 23.0 Å². The minimum absolute atomic E-state index is 0.0417. The first-order valence-corrected chi connectivity index (χ1v) is 10.4. The Balaban J connectivity index is 1.80. The molecule has 2 aromatic rings. The second kappa shape index (κ2) is 8.30. The number of ketones is 1. The summed E-state index contributed by atoms with van der Waals surface area (Å²) in [6, 6.07) is 9.30. The molecule has 1 unspecified atom stereocenters. The lowest BCUT2D eigenvalue weighted by Crippen LogP contribution is -2.27. The molecule has 3 rings (SSSR count). The SMILES string of the molecule is CC(C)(C)C(=O)Oc1ccc(C2COc3cc(OC(=O)C(C)(C)C)cc(O)c3C2=O)cc1. The van der Waals surface area contributed by atoms with Crippen molar-refractivity contribution < 1.29 is 33.7 Å². The van der Waals surface area contributed by atoms with Gasteiger partial charge in [0.05, 0.1) is 16.7 Å². The molecule has 1 atom stereocenters. The third-order valence-electron chi connectivity index (χ3n) is 4.95. The minimum atomic E-state index is -0.722. The standard InChI is InChI=1S/C25H28O7/c1-24(2,3)22(28)31-15-9-7-14(8-10-15)17-13-30-19-12-16(32-23(29)25(4,5)6)11-18(26)20(19)21(17)27/h7-12,17,26H,13H2,1-6H3. The van der Waals surface area contributed by atoms with Gasteiger partial charge in [0.25, 0.3) is 0 Å². The maximum absolute atomic E-state index is 13.1. The number of phenols is 1. The average Bonchev–Trinajstić information content (AvgIpc) is 2.67. The van der Waals surface area contributed by atoms with E-state index in [4.69, 9.17) is 14.2 Å². The Morgan fingerprint density at radius 2 is 1.44 bits per heavy atom. The molecule has 0 spiro atoms. The van der Waals surface area contributed by atoms with Crippen molar-refractivity contribution in [2.75, 3.05) is 6.61 Å². The number of esters is 2. The van der Waals surface area contributed by atoms with Gasteiger partial charge in [0, 0.05) is 12.1 Å². The van der Waals surface area contributed by atoms with E-state index in [1.54, 1.807) is 65.8 Å². The Labute approximate surface area is 187 Å². The van der Waals surface area contributed by atoms with Gasteiger partial charge in [0.15, 0.2) is 5.78 Å². The van der Waals surface area contributed by atoms with Crippen molar-refractivity contribution in [3.63, 3.8) is 0 Å². The first-order chi connectivity index (χ1) is 14.8. The number of rotatable bonds is 3. The average molecular weight is 440 g/mol. The van der Waals surface area contributed by atoms with E-state index >= 15 is 0 Å². The quantitative estimate of drug-likeness (QED) is 0.548. The monoisotopic (exact) mass is 440 g/mol. The zero-order chi connectivity index (χ0) is 23.8. The number of hydrogen-bond acceptors (Lipinski definition) is 7. The van der Waals surface area contributed by atoms with Crippen LogP contribution in [0.2, 0.25) is 0 Å². The Hall–Kier alpha value is -3.35. The van der Waals surface area contributed by atoms with E-state index in [9.17, 15) is 19.5 Å². The molecular formula is C25H28O7. The highest BCUT2D eigenvalue weighted by Crippen LogP contribution is 2.41. The summed E-state index contributed by atoms with van der Waals surface area (Å²) in [6.45, 7) is 10.5. The maximum Gasteiger partial charge on any atom is 0.316 e. The van der Waals surface area contributed by atoms with Crippen LogP contribution in [0.1, 0.15) is 63.4 Å². The molecule has 1 N–H and O–H groups in total. The van der Waals surface area contributed by atoms with Crippen LogP contribution < -0.4 is 14.2 Å². The van der Waals surface area contributed by atoms with Crippen LogP contribution in [0.4, 0.5) is 0 Å². The summed E-state index contributed by atoms with van der Waals surface area (Å²) in [7, 11) is 0. The van der Waals surface area contributed by atoms with Gasteiger partial charge in [-0.15, -0.1) is 0 Å². The lowest BCUT2D eigenvalue weighted by molar-refractivity contribution is -0.143. The number of carbonyl (C=O) groups is 3. The summed E-state index contributed by atoms with van der Waals surface area (Å²) in [4.78, 5) is 37.3. The van der Waals surface area contributed by atoms with Gasteiger partial charge in [-0.1, -0.05) is 12.1 Å². The van der Waals surface area contributed by atoms with Crippen molar-refractivity contribution >= 4 is 17.7 Å². The Morgan fingerprint density at radius 3 is 1.97 bits per heavy atom. The van der Waals surface area contributed by atoms with Gasteiger partial charge in [-0.3, -0.25) is 14.4 Å². The highest BCUT2D eigenvalue weighted by atomic mass is 16.5. The number of carbonyl (C=O) groups excluding carboxylic acids is 3. The number of fused-ring (bicyclic) bond motifs is 1. The summed E-state index contributed by atoms with van der Waals surface area (Å²) < 4.78 is 16.4. The van der Waals surface area contributed by atoms with E-state index in [1.165, 1.54) is 12.1 Å². The van der Waals surface area contributed by atoms with Crippen LogP contribution in [-0.2, 0) is 9.59 Å². The molecule has 32 heavy (non-hydrogen) atoms. The van der Waals surface area contributed by atoms with Crippen molar-refractivity contribution in [3.05, 3.63) is 47.5 Å². The number of phenolic OH excluding ortho intramolecular Hbond substituents is 1. The van der Waals surface area contributed by atoms with E-state index in [0.29, 0.717) is 11.3 Å². The van der Waals surface area contributed by atoms with E-state index in [0.717, 1.165) is 0 Å². The molecule has 7 heteroatoms. The number of Topliss-reactive ketones (excluding diaryl/α,β-unsaturated/α-hetero) is 1. The van der Waals surface area contributed by atoms with Crippen molar-refractivity contribution in [1.82, 2.24) is 0 Å². The third-order valence-corrected chi connectivity index (χ3v) is 4.95. The van der Waals surface area contributed by atoms with Gasteiger partial charge < -0.3 is 19.3 Å². The van der Waals surface area contributed by atoms with Crippen LogP contribution in [0.25, 0.3) is 0 Å². The molecule has 0 saturated carbocycles. The third kappa shape index (κ3) is 4.93. The highest BCUT2D eigenvalue weighted by molar-refractivity contribution is 6.06. The Kier molecular flexibility index (Phi) is 6.05. The van der Waals surface area contributed by atoms with E-state index in [-0.39, 0.29) is 41.2 Å². The van der Waals surface area contributed by atoms with Crippen molar-refractivity contribution in [1.29, 1.82) is 0 Å². The zero-order valence-corrected chi connectivity index (χ0v) is 19.1. The predicted molar refractivity (Wildman–Crippen MR) is 117 cm³/mol. The van der Waals surface area contributed by atoms with Gasteiger partial charge in [0.2, 0.25) is 0 Å². The van der Waals surface area contributed by atoms with E-state index < -0.39 is 22.7 Å². The van der Waals surface area contributed by atoms with Gasteiger partial charge in [-0.05, 0) is 59.2 Å². The van der Waals surface area contributed by atoms with Crippen molar-refractivity contribution in [2.45, 2.75) is 47.5 Å². The largest absolute Gasteiger partial charge is 0.507 e. The zero-order valence-electron chi connectivity index (χ0n) is 19.1. The molecule has 0 radical (unpaired) electrons. The molecule has 1 aliphatic rings. The van der Waals surface area contributed by atoms with Crippen molar-refractivity contribution in [2.24, 2.45) is 10.8 Å². The normalized spacial score (nSPS) is 16.1. The molecule has 0 bridgehead atoms. The lowest BCUT2D eigenvalue weighted by atomic mass is 9.88. The fourth-order valence-electron chi connectivity index (χ4n) is 2.96. The topological polar surface area (TPSA) is 99.1 Å². The molecule has 0 aromatic heterocycles. The maximum atomic E-state index is 13.1. The highest BCUT2D eigenvalue weighted by Gasteiger charge is 2.34. The molecule has 0 saturated heterocycles. The summed E-state index contributed by atoms with van der Waals surface area (Å²) in [5.74, 6) is -1.43. The van der Waals surface area contributed by atoms with Gasteiger partial charge in [0.1, 0.15) is 35.2 Å². The minimum Gasteiger partial charge on any atom is -0.507 e. The molecule has 0 amide bonds. The van der Waals surface area contributed by atoms with Crippen LogP contribution in [0.5, 0.6) is 23.0 Å². The molecule has 1 aliphatic heterocycles. The fourth-order valence-corrected chi connectivity index (χ4v) is 2.96. The number of ether oxygens (including phenoxy) is 3. The molecule has 170 valence electrons. The van der Waals surface area contributed by atoms with E-state index in [2.05, 4.69) is 0 Å². The van der Waals surface area contributed by atoms with Crippen LogP contribution in [0.3, 0.4) is 0 Å². The lowest BCUT2D eigenvalue weighted by Gasteiger charge is -2.26. The Bertz CT molecular complexity index is 1050. The fraction of sp³-hybridized carbons (Fsp3) is 0.400. The summed E-state index contributed by atoms with van der Waals surface area (Å²) in [5.41, 5.74) is -0.646. The van der Waals surface area contributed by atoms with E-state index in [1.807, 2.05) is 0 Å². The number of benzene rings is 2. The van der Waals surface area contributed by atoms with Gasteiger partial charge in [-0.2, -0.15) is 0 Å². The molecule has 2 aromatic carbocycles. The van der Waals surface area contributed by atoms with Crippen LogP contribution in [-0.4, -0.2) is 29.4 Å². The molecule has 7 nitrogen and oxygen atoms in total. The van der Waals surface area contributed by atoms with Gasteiger partial charge in [-0.25, -0.2) is 0 Å². The molecule has 1 heterocycles. The number of hydrogen-bond donors (Lipinski definition) is 1. The second-order valence-corrected chi connectivity index (χ2v) is 9.89. The predicted octanol–water partition coefficient (Wildman–Crippen LogP) is 4.65. The molecule has 0 aliphatic carbocycles. The van der Waals surface area contributed by atoms with Crippen LogP contribution in [0.15, 0.2) is 36.4 Å². The number of aromatic hydroxyl groups is 1. The first-order valence-electron chi connectivity index (χ1n) is 10.4. The smallest absolute Gasteiger partial charge is 0.316 e. The summed E-state index contributed by atoms with van der Waals surface area (Å²) in [5, 5.41) is 10.5. The first kappa shape index (κ1) is 23.3. The molecule has 0 fully saturated rings. The van der Waals surface area contributed by atoms with Gasteiger partial charge >= 0.3 is 11.9 Å². The second-order valence-electron chi connectivity index (χ2n) is 9.89. The summed E-state index contributed by atoms with van der Waals surface area (Å²) in [6.07, 6.45) is 0. The van der Waals surface area contributed by atoms with Crippen LogP contribution >= 0.6 is 0 Å².